The van der Waals surface area contributed by atoms with Crippen molar-refractivity contribution in [2.45, 2.75) is 12.5 Å². The molecule has 8 nitrogen and oxygen atoms in total. The number of ether oxygens (including phenoxy) is 3. The fourth-order valence-electron chi connectivity index (χ4n) is 4.13. The van der Waals surface area contributed by atoms with E-state index in [0.29, 0.717) is 41.3 Å². The predicted molar refractivity (Wildman–Crippen MR) is 123 cm³/mol. The standard InChI is InChI=1S/C25H30N2O6/c1-26(2)13-6-14-27-22(17-9-12-19(32-4)20(15-17)33-5)21(24(29)25(27)30)23(28)16-7-10-18(31-3)11-8-16/h7-12,15,21-22H,6,13-14H2,1-5H3. The second kappa shape index (κ2) is 10.5. The molecule has 1 heterocycles. The van der Waals surface area contributed by atoms with E-state index in [2.05, 4.69) is 0 Å². The van der Waals surface area contributed by atoms with Gasteiger partial charge in [0.15, 0.2) is 17.3 Å². The smallest absolute Gasteiger partial charge is 0.291 e. The van der Waals surface area contributed by atoms with Gasteiger partial charge in [0.05, 0.1) is 27.4 Å². The molecule has 2 aromatic rings. The summed E-state index contributed by atoms with van der Waals surface area (Å²) in [6.07, 6.45) is 0.666. The first-order chi connectivity index (χ1) is 15.8. The van der Waals surface area contributed by atoms with Gasteiger partial charge in [0.2, 0.25) is 5.78 Å². The first-order valence-electron chi connectivity index (χ1n) is 10.7. The number of ketones is 2. The molecule has 2 unspecified atom stereocenters. The number of carbonyl (C=O) groups excluding carboxylic acids is 3. The van der Waals surface area contributed by atoms with Gasteiger partial charge in [-0.25, -0.2) is 0 Å². The Morgan fingerprint density at radius 1 is 0.939 bits per heavy atom. The summed E-state index contributed by atoms with van der Waals surface area (Å²) in [6, 6.07) is 11.0. The van der Waals surface area contributed by atoms with Gasteiger partial charge in [0.1, 0.15) is 11.7 Å². The third-order valence-electron chi connectivity index (χ3n) is 5.82. The number of benzene rings is 2. The van der Waals surface area contributed by atoms with Gasteiger partial charge in [-0.1, -0.05) is 6.07 Å². The highest BCUT2D eigenvalue weighted by atomic mass is 16.5. The summed E-state index contributed by atoms with van der Waals surface area (Å²) in [6.45, 7) is 1.10. The molecule has 1 fully saturated rings. The number of Topliss-reactive ketones (excluding diaryl/α,β-unsaturated/α-hetero) is 2. The Balaban J connectivity index is 2.04. The Morgan fingerprint density at radius 2 is 1.61 bits per heavy atom. The van der Waals surface area contributed by atoms with E-state index in [0.717, 1.165) is 6.54 Å². The van der Waals surface area contributed by atoms with Crippen LogP contribution in [0.15, 0.2) is 42.5 Å². The van der Waals surface area contributed by atoms with Crippen molar-refractivity contribution in [1.29, 1.82) is 0 Å². The fraction of sp³-hybridized carbons (Fsp3) is 0.400. The van der Waals surface area contributed by atoms with E-state index in [4.69, 9.17) is 14.2 Å². The molecule has 0 aliphatic carbocycles. The van der Waals surface area contributed by atoms with Crippen LogP contribution >= 0.6 is 0 Å². The first-order valence-corrected chi connectivity index (χ1v) is 10.7. The molecular weight excluding hydrogens is 424 g/mol. The Morgan fingerprint density at radius 3 is 2.18 bits per heavy atom. The van der Waals surface area contributed by atoms with E-state index < -0.39 is 29.4 Å². The van der Waals surface area contributed by atoms with Gasteiger partial charge in [-0.3, -0.25) is 14.4 Å². The maximum Gasteiger partial charge on any atom is 0.291 e. The van der Waals surface area contributed by atoms with Crippen LogP contribution in [0.5, 0.6) is 17.2 Å². The summed E-state index contributed by atoms with van der Waals surface area (Å²) in [5, 5.41) is 0. The van der Waals surface area contributed by atoms with E-state index in [1.807, 2.05) is 19.0 Å². The number of likely N-dealkylation sites (tertiary alicyclic amines) is 1. The zero-order chi connectivity index (χ0) is 24.1. The Hall–Kier alpha value is -3.39. The van der Waals surface area contributed by atoms with Crippen molar-refractivity contribution < 1.29 is 28.6 Å². The van der Waals surface area contributed by atoms with Crippen LogP contribution in [0, 0.1) is 5.92 Å². The average Bonchev–Trinajstić information content (AvgIpc) is 3.08. The fourth-order valence-corrected chi connectivity index (χ4v) is 4.13. The van der Waals surface area contributed by atoms with Crippen molar-refractivity contribution in [3.8, 4) is 17.2 Å². The quantitative estimate of drug-likeness (QED) is 0.310. The molecule has 0 aromatic heterocycles. The van der Waals surface area contributed by atoms with E-state index in [1.54, 1.807) is 42.5 Å². The van der Waals surface area contributed by atoms with E-state index in [-0.39, 0.29) is 0 Å². The zero-order valence-electron chi connectivity index (χ0n) is 19.7. The number of amides is 1. The number of methoxy groups -OCH3 is 3. The van der Waals surface area contributed by atoms with Crippen LogP contribution in [0.4, 0.5) is 0 Å². The van der Waals surface area contributed by atoms with Gasteiger partial charge < -0.3 is 24.0 Å². The Labute approximate surface area is 194 Å². The van der Waals surface area contributed by atoms with Crippen molar-refractivity contribution in [1.82, 2.24) is 9.80 Å². The summed E-state index contributed by atoms with van der Waals surface area (Å²) < 4.78 is 15.9. The molecule has 1 amide bonds. The minimum absolute atomic E-state index is 0.350. The lowest BCUT2D eigenvalue weighted by atomic mass is 9.86. The molecule has 176 valence electrons. The third-order valence-corrected chi connectivity index (χ3v) is 5.82. The first kappa shape index (κ1) is 24.3. The third kappa shape index (κ3) is 5.01. The van der Waals surface area contributed by atoms with Crippen LogP contribution in [-0.2, 0) is 9.59 Å². The molecule has 8 heteroatoms. The molecule has 1 saturated heterocycles. The molecular formula is C25H30N2O6. The van der Waals surface area contributed by atoms with Crippen molar-refractivity contribution >= 4 is 17.5 Å². The van der Waals surface area contributed by atoms with E-state index in [9.17, 15) is 14.4 Å². The average molecular weight is 455 g/mol. The molecule has 3 rings (SSSR count). The van der Waals surface area contributed by atoms with Crippen molar-refractivity contribution in [3.05, 3.63) is 53.6 Å². The lowest BCUT2D eigenvalue weighted by molar-refractivity contribution is -0.140. The summed E-state index contributed by atoms with van der Waals surface area (Å²) in [7, 11) is 8.47. The highest BCUT2D eigenvalue weighted by molar-refractivity contribution is 6.44. The maximum absolute atomic E-state index is 13.5. The SMILES string of the molecule is COc1ccc(C(=O)C2C(=O)C(=O)N(CCCN(C)C)C2c2ccc(OC)c(OC)c2)cc1. The number of rotatable bonds is 10. The molecule has 2 atom stereocenters. The second-order valence-electron chi connectivity index (χ2n) is 8.15. The lowest BCUT2D eigenvalue weighted by Gasteiger charge is -2.28. The van der Waals surface area contributed by atoms with E-state index >= 15 is 0 Å². The Bertz CT molecular complexity index is 1020. The molecule has 1 aliphatic rings. The van der Waals surface area contributed by atoms with Gasteiger partial charge in [-0.15, -0.1) is 0 Å². The summed E-state index contributed by atoms with van der Waals surface area (Å²) >= 11 is 0. The van der Waals surface area contributed by atoms with Crippen LogP contribution in [0.1, 0.15) is 28.4 Å². The molecule has 0 bridgehead atoms. The van der Waals surface area contributed by atoms with Gasteiger partial charge in [-0.2, -0.15) is 0 Å². The zero-order valence-corrected chi connectivity index (χ0v) is 19.7. The maximum atomic E-state index is 13.5. The molecule has 0 spiro atoms. The number of carbonyl (C=O) groups is 3. The molecule has 0 radical (unpaired) electrons. The minimum Gasteiger partial charge on any atom is -0.497 e. The summed E-state index contributed by atoms with van der Waals surface area (Å²) in [5.74, 6) is -1.29. The minimum atomic E-state index is -1.15. The van der Waals surface area contributed by atoms with Crippen LogP contribution in [0.2, 0.25) is 0 Å². The van der Waals surface area contributed by atoms with Crippen LogP contribution in [0.3, 0.4) is 0 Å². The molecule has 2 aromatic carbocycles. The van der Waals surface area contributed by atoms with Gasteiger partial charge in [0.25, 0.3) is 5.91 Å². The van der Waals surface area contributed by atoms with Crippen LogP contribution in [-0.4, -0.2) is 75.8 Å². The van der Waals surface area contributed by atoms with Crippen molar-refractivity contribution in [3.63, 3.8) is 0 Å². The van der Waals surface area contributed by atoms with Crippen LogP contribution in [0.25, 0.3) is 0 Å². The molecule has 1 aliphatic heterocycles. The van der Waals surface area contributed by atoms with Gasteiger partial charge in [0, 0.05) is 12.1 Å². The number of hydrogen-bond donors (Lipinski definition) is 0. The number of hydrogen-bond acceptors (Lipinski definition) is 7. The summed E-state index contributed by atoms with van der Waals surface area (Å²) in [4.78, 5) is 43.1. The monoisotopic (exact) mass is 454 g/mol. The lowest BCUT2D eigenvalue weighted by Crippen LogP contribution is -2.33. The van der Waals surface area contributed by atoms with Crippen molar-refractivity contribution in [2.24, 2.45) is 5.92 Å². The number of nitrogens with zero attached hydrogens (tertiary/aromatic N) is 2. The second-order valence-corrected chi connectivity index (χ2v) is 8.15. The largest absolute Gasteiger partial charge is 0.497 e. The van der Waals surface area contributed by atoms with Crippen molar-refractivity contribution in [2.75, 3.05) is 48.5 Å². The molecule has 0 saturated carbocycles. The van der Waals surface area contributed by atoms with E-state index in [1.165, 1.54) is 26.2 Å². The predicted octanol–water partition coefficient (Wildman–Crippen LogP) is 2.62. The summed E-state index contributed by atoms with van der Waals surface area (Å²) in [5.41, 5.74) is 0.992. The molecule has 0 N–H and O–H groups in total. The Kier molecular flexibility index (Phi) is 7.71. The highest BCUT2D eigenvalue weighted by Crippen LogP contribution is 2.41. The van der Waals surface area contributed by atoms with Gasteiger partial charge >= 0.3 is 0 Å². The topological polar surface area (TPSA) is 85.4 Å². The molecule has 33 heavy (non-hydrogen) atoms. The highest BCUT2D eigenvalue weighted by Gasteiger charge is 2.51. The van der Waals surface area contributed by atoms with Crippen LogP contribution < -0.4 is 14.2 Å². The van der Waals surface area contributed by atoms with Gasteiger partial charge in [-0.05, 0) is 69.0 Å². The normalized spacial score (nSPS) is 18.1.